The molecular weight excluding hydrogens is 350 g/mol. The van der Waals surface area contributed by atoms with Crippen LogP contribution < -0.4 is 5.32 Å². The number of hydrogen-bond acceptors (Lipinski definition) is 4. The Bertz CT molecular complexity index is 1040. The van der Waals surface area contributed by atoms with Crippen LogP contribution in [0.5, 0.6) is 0 Å². The van der Waals surface area contributed by atoms with Gasteiger partial charge in [-0.05, 0) is 42.3 Å². The molecule has 0 saturated carbocycles. The minimum atomic E-state index is -0.0791. The minimum absolute atomic E-state index is 0.0791. The summed E-state index contributed by atoms with van der Waals surface area (Å²) in [7, 11) is 0. The van der Waals surface area contributed by atoms with Gasteiger partial charge >= 0.3 is 0 Å². The molecule has 0 saturated heterocycles. The molecule has 1 N–H and O–H groups in total. The molecule has 0 atom stereocenters. The van der Waals surface area contributed by atoms with E-state index >= 15 is 0 Å². The van der Waals surface area contributed by atoms with Crippen molar-refractivity contribution >= 4 is 5.91 Å². The van der Waals surface area contributed by atoms with E-state index in [1.165, 1.54) is 11.9 Å². The minimum Gasteiger partial charge on any atom is -0.352 e. The smallest absolute Gasteiger partial charge is 0.251 e. The van der Waals surface area contributed by atoms with E-state index in [2.05, 4.69) is 32.5 Å². The van der Waals surface area contributed by atoms with Gasteiger partial charge in [0.1, 0.15) is 6.33 Å². The molecule has 0 aliphatic carbocycles. The van der Waals surface area contributed by atoms with Gasteiger partial charge in [-0.15, -0.1) is 0 Å². The van der Waals surface area contributed by atoms with E-state index in [0.717, 1.165) is 23.4 Å². The van der Waals surface area contributed by atoms with Gasteiger partial charge in [-0.3, -0.25) is 4.79 Å². The fourth-order valence-corrected chi connectivity index (χ4v) is 2.89. The second kappa shape index (κ2) is 8.26. The summed E-state index contributed by atoms with van der Waals surface area (Å²) in [5, 5.41) is 7.33. The van der Waals surface area contributed by atoms with Crippen LogP contribution in [-0.2, 0) is 6.42 Å². The van der Waals surface area contributed by atoms with E-state index in [-0.39, 0.29) is 5.91 Å². The average molecular weight is 369 g/mol. The van der Waals surface area contributed by atoms with E-state index in [9.17, 15) is 4.79 Å². The lowest BCUT2D eigenvalue weighted by Crippen LogP contribution is -2.25. The van der Waals surface area contributed by atoms with E-state index in [0.29, 0.717) is 12.1 Å². The second-order valence-corrected chi connectivity index (χ2v) is 6.31. The molecule has 2 heterocycles. The number of nitrogens with one attached hydrogen (secondary N) is 1. The third kappa shape index (κ3) is 4.12. The van der Waals surface area contributed by atoms with Gasteiger partial charge < -0.3 is 5.32 Å². The highest BCUT2D eigenvalue weighted by Crippen LogP contribution is 2.17. The molecule has 0 aliphatic rings. The Morgan fingerprint density at radius 1 is 1.00 bits per heavy atom. The van der Waals surface area contributed by atoms with Crippen LogP contribution in [0.15, 0.2) is 85.6 Å². The van der Waals surface area contributed by atoms with Crippen LogP contribution >= 0.6 is 0 Å². The van der Waals surface area contributed by atoms with Crippen molar-refractivity contribution in [2.45, 2.75) is 6.42 Å². The molecule has 0 radical (unpaired) electrons. The van der Waals surface area contributed by atoms with Crippen LogP contribution in [0.2, 0.25) is 0 Å². The number of nitrogens with zero attached hydrogens (tertiary/aromatic N) is 4. The van der Waals surface area contributed by atoms with Crippen LogP contribution in [0, 0.1) is 0 Å². The maximum Gasteiger partial charge on any atom is 0.251 e. The number of carbonyl (C=O) groups is 1. The quantitative estimate of drug-likeness (QED) is 0.566. The normalized spacial score (nSPS) is 10.6. The first-order valence-electron chi connectivity index (χ1n) is 9.03. The number of rotatable bonds is 6. The fourth-order valence-electron chi connectivity index (χ4n) is 2.89. The maximum atomic E-state index is 12.3. The molecule has 0 spiro atoms. The van der Waals surface area contributed by atoms with Crippen LogP contribution in [-0.4, -0.2) is 32.2 Å². The first kappa shape index (κ1) is 17.6. The Morgan fingerprint density at radius 3 is 2.57 bits per heavy atom. The standard InChI is InChI=1S/C22H19N5O/c28-22(24-13-10-17-4-2-1-3-5-17)18-6-8-20(9-7-18)27-15-19(14-26-27)21-11-12-23-16-25-21/h1-9,11-12,14-16H,10,13H2,(H,24,28). The Hall–Kier alpha value is -3.80. The lowest BCUT2D eigenvalue weighted by molar-refractivity contribution is 0.0954. The maximum absolute atomic E-state index is 12.3. The number of aromatic nitrogens is 4. The van der Waals surface area contributed by atoms with Gasteiger partial charge in [0.2, 0.25) is 0 Å². The average Bonchev–Trinajstić information content (AvgIpc) is 3.25. The van der Waals surface area contributed by atoms with Gasteiger partial charge in [0, 0.05) is 30.1 Å². The zero-order valence-corrected chi connectivity index (χ0v) is 15.2. The topological polar surface area (TPSA) is 72.7 Å². The number of amides is 1. The molecule has 1 amide bonds. The molecule has 0 bridgehead atoms. The molecule has 0 aliphatic heterocycles. The summed E-state index contributed by atoms with van der Waals surface area (Å²) in [6.45, 7) is 0.603. The van der Waals surface area contributed by atoms with Crippen molar-refractivity contribution < 1.29 is 4.79 Å². The number of carbonyl (C=O) groups excluding carboxylic acids is 1. The van der Waals surface area contributed by atoms with Crippen LogP contribution in [0.4, 0.5) is 0 Å². The largest absolute Gasteiger partial charge is 0.352 e. The summed E-state index contributed by atoms with van der Waals surface area (Å²) >= 11 is 0. The first-order valence-corrected chi connectivity index (χ1v) is 9.03. The SMILES string of the molecule is O=C(NCCc1ccccc1)c1ccc(-n2cc(-c3ccncn3)cn2)cc1. The van der Waals surface area contributed by atoms with Crippen molar-refractivity contribution in [1.29, 1.82) is 0 Å². The zero-order valence-electron chi connectivity index (χ0n) is 15.2. The lowest BCUT2D eigenvalue weighted by Gasteiger charge is -2.07. The Kier molecular flexibility index (Phi) is 5.20. The highest BCUT2D eigenvalue weighted by atomic mass is 16.1. The van der Waals surface area contributed by atoms with Gasteiger partial charge in [-0.1, -0.05) is 30.3 Å². The molecule has 2 aromatic carbocycles. The Labute approximate surface area is 162 Å². The molecule has 138 valence electrons. The summed E-state index contributed by atoms with van der Waals surface area (Å²) in [5.41, 5.74) is 4.43. The van der Waals surface area contributed by atoms with E-state index in [1.54, 1.807) is 29.2 Å². The summed E-state index contributed by atoms with van der Waals surface area (Å²) in [5.74, 6) is -0.0791. The van der Waals surface area contributed by atoms with Gasteiger partial charge in [0.05, 0.1) is 17.6 Å². The molecule has 0 fully saturated rings. The predicted molar refractivity (Wildman–Crippen MR) is 107 cm³/mol. The monoisotopic (exact) mass is 369 g/mol. The molecule has 6 nitrogen and oxygen atoms in total. The predicted octanol–water partition coefficient (Wildman–Crippen LogP) is 3.30. The Balaban J connectivity index is 1.38. The van der Waals surface area contributed by atoms with E-state index in [1.807, 2.05) is 42.6 Å². The van der Waals surface area contributed by atoms with Crippen molar-refractivity contribution in [3.8, 4) is 16.9 Å². The van der Waals surface area contributed by atoms with Crippen molar-refractivity contribution in [3.63, 3.8) is 0 Å². The number of hydrogen-bond donors (Lipinski definition) is 1. The summed E-state index contributed by atoms with van der Waals surface area (Å²) < 4.78 is 1.76. The molecular formula is C22H19N5O. The highest BCUT2D eigenvalue weighted by Gasteiger charge is 2.07. The zero-order chi connectivity index (χ0) is 19.2. The van der Waals surface area contributed by atoms with E-state index < -0.39 is 0 Å². The molecule has 2 aromatic heterocycles. The second-order valence-electron chi connectivity index (χ2n) is 6.31. The van der Waals surface area contributed by atoms with Crippen molar-refractivity contribution in [3.05, 3.63) is 96.7 Å². The summed E-state index contributed by atoms with van der Waals surface area (Å²) in [6.07, 6.45) is 7.68. The van der Waals surface area contributed by atoms with Crippen LogP contribution in [0.25, 0.3) is 16.9 Å². The molecule has 28 heavy (non-hydrogen) atoms. The lowest BCUT2D eigenvalue weighted by atomic mass is 10.1. The van der Waals surface area contributed by atoms with Gasteiger partial charge in [0.25, 0.3) is 5.91 Å². The third-order valence-electron chi connectivity index (χ3n) is 4.40. The highest BCUT2D eigenvalue weighted by molar-refractivity contribution is 5.94. The summed E-state index contributed by atoms with van der Waals surface area (Å²) in [6, 6.07) is 19.3. The molecule has 6 heteroatoms. The Morgan fingerprint density at radius 2 is 1.82 bits per heavy atom. The molecule has 4 rings (SSSR count). The third-order valence-corrected chi connectivity index (χ3v) is 4.40. The van der Waals surface area contributed by atoms with Gasteiger partial charge in [-0.25, -0.2) is 14.6 Å². The van der Waals surface area contributed by atoms with Crippen molar-refractivity contribution in [2.24, 2.45) is 0 Å². The first-order chi connectivity index (χ1) is 13.8. The van der Waals surface area contributed by atoms with Gasteiger partial charge in [-0.2, -0.15) is 5.10 Å². The van der Waals surface area contributed by atoms with Crippen molar-refractivity contribution in [1.82, 2.24) is 25.1 Å². The fraction of sp³-hybridized carbons (Fsp3) is 0.0909. The van der Waals surface area contributed by atoms with Gasteiger partial charge in [0.15, 0.2) is 0 Å². The summed E-state index contributed by atoms with van der Waals surface area (Å²) in [4.78, 5) is 20.5. The van der Waals surface area contributed by atoms with E-state index in [4.69, 9.17) is 0 Å². The van der Waals surface area contributed by atoms with Crippen molar-refractivity contribution in [2.75, 3.05) is 6.54 Å². The number of benzene rings is 2. The van der Waals surface area contributed by atoms with Crippen LogP contribution in [0.3, 0.4) is 0 Å². The molecule has 4 aromatic rings. The molecule has 0 unspecified atom stereocenters. The van der Waals surface area contributed by atoms with Crippen LogP contribution in [0.1, 0.15) is 15.9 Å².